The number of rotatable bonds is 6. The van der Waals surface area contributed by atoms with E-state index in [9.17, 15) is 4.79 Å². The summed E-state index contributed by atoms with van der Waals surface area (Å²) in [5, 5.41) is 0. The van der Waals surface area contributed by atoms with Gasteiger partial charge in [0.05, 0.1) is 0 Å². The van der Waals surface area contributed by atoms with Crippen LogP contribution in [0.5, 0.6) is 0 Å². The molecule has 0 saturated carbocycles. The Morgan fingerprint density at radius 1 is 1.28 bits per heavy atom. The standard InChI is InChI=1S/C21H27NO3/c1-16-6-3-4-8-18(16)10-9-17-7-5-13-22(14-17)21(23)20-12-11-19(25-20)15-24-2/h3-4,6,8,11-12,17H,5,7,9-10,13-15H2,1-2H3/t17-/m0/s1. The van der Waals surface area contributed by atoms with Gasteiger partial charge in [0.25, 0.3) is 5.91 Å². The SMILES string of the molecule is COCc1ccc(C(=O)N2CCC[C@@H](CCc3ccccc3C)C2)o1. The first kappa shape index (κ1) is 17.7. The topological polar surface area (TPSA) is 42.7 Å². The summed E-state index contributed by atoms with van der Waals surface area (Å²) < 4.78 is 10.7. The zero-order chi connectivity index (χ0) is 17.6. The molecule has 2 heterocycles. The molecule has 0 radical (unpaired) electrons. The molecule has 1 aromatic heterocycles. The Balaban J connectivity index is 1.56. The maximum absolute atomic E-state index is 12.7. The van der Waals surface area contributed by atoms with Gasteiger partial charge in [0.1, 0.15) is 12.4 Å². The number of carbonyl (C=O) groups excluding carboxylic acids is 1. The van der Waals surface area contributed by atoms with Crippen LogP contribution in [-0.4, -0.2) is 31.0 Å². The van der Waals surface area contributed by atoms with Crippen LogP contribution < -0.4 is 0 Å². The number of benzene rings is 1. The molecule has 134 valence electrons. The van der Waals surface area contributed by atoms with Gasteiger partial charge in [-0.15, -0.1) is 0 Å². The van der Waals surface area contributed by atoms with Gasteiger partial charge in [0.15, 0.2) is 5.76 Å². The van der Waals surface area contributed by atoms with E-state index < -0.39 is 0 Å². The van der Waals surface area contributed by atoms with Gasteiger partial charge in [-0.25, -0.2) is 0 Å². The molecule has 3 rings (SSSR count). The minimum absolute atomic E-state index is 0.00273. The van der Waals surface area contributed by atoms with Crippen molar-refractivity contribution in [1.29, 1.82) is 0 Å². The lowest BCUT2D eigenvalue weighted by molar-refractivity contribution is 0.0629. The number of furan rings is 1. The lowest BCUT2D eigenvalue weighted by Gasteiger charge is -2.32. The molecule has 0 N–H and O–H groups in total. The summed E-state index contributed by atoms with van der Waals surface area (Å²) in [7, 11) is 1.62. The molecule has 1 fully saturated rings. The molecule has 1 atom stereocenters. The monoisotopic (exact) mass is 341 g/mol. The second kappa shape index (κ2) is 8.34. The Hall–Kier alpha value is -2.07. The number of amides is 1. The number of hydrogen-bond acceptors (Lipinski definition) is 3. The largest absolute Gasteiger partial charge is 0.453 e. The third-order valence-electron chi connectivity index (χ3n) is 5.05. The van der Waals surface area contributed by atoms with E-state index in [1.807, 2.05) is 11.0 Å². The molecule has 0 unspecified atom stereocenters. The average molecular weight is 341 g/mol. The van der Waals surface area contributed by atoms with Crippen molar-refractivity contribution >= 4 is 5.91 Å². The predicted molar refractivity (Wildman–Crippen MR) is 97.5 cm³/mol. The molecule has 1 amide bonds. The summed E-state index contributed by atoms with van der Waals surface area (Å²) in [6, 6.07) is 12.1. The maximum Gasteiger partial charge on any atom is 0.289 e. The number of ether oxygens (including phenoxy) is 1. The van der Waals surface area contributed by atoms with Crippen LogP contribution in [0.3, 0.4) is 0 Å². The number of likely N-dealkylation sites (tertiary alicyclic amines) is 1. The Morgan fingerprint density at radius 3 is 2.92 bits per heavy atom. The van der Waals surface area contributed by atoms with E-state index in [0.717, 1.165) is 32.4 Å². The van der Waals surface area contributed by atoms with E-state index in [1.165, 1.54) is 17.5 Å². The summed E-state index contributed by atoms with van der Waals surface area (Å²) in [6.45, 7) is 4.21. The van der Waals surface area contributed by atoms with Crippen molar-refractivity contribution in [3.8, 4) is 0 Å². The molecular weight excluding hydrogens is 314 g/mol. The first-order chi connectivity index (χ1) is 12.2. The van der Waals surface area contributed by atoms with E-state index in [-0.39, 0.29) is 5.91 Å². The zero-order valence-corrected chi connectivity index (χ0v) is 15.2. The first-order valence-corrected chi connectivity index (χ1v) is 9.09. The maximum atomic E-state index is 12.7. The Bertz CT molecular complexity index is 707. The van der Waals surface area contributed by atoms with Crippen LogP contribution in [0.2, 0.25) is 0 Å². The molecule has 0 bridgehead atoms. The number of carbonyl (C=O) groups is 1. The minimum atomic E-state index is 0.00273. The van der Waals surface area contributed by atoms with E-state index in [1.54, 1.807) is 13.2 Å². The molecule has 0 spiro atoms. The van der Waals surface area contributed by atoms with E-state index in [4.69, 9.17) is 9.15 Å². The van der Waals surface area contributed by atoms with Crippen LogP contribution >= 0.6 is 0 Å². The molecule has 4 nitrogen and oxygen atoms in total. The number of piperidine rings is 1. The fraction of sp³-hybridized carbons (Fsp3) is 0.476. The van der Waals surface area contributed by atoms with Crippen molar-refractivity contribution in [2.75, 3.05) is 20.2 Å². The first-order valence-electron chi connectivity index (χ1n) is 9.09. The smallest absolute Gasteiger partial charge is 0.289 e. The number of aryl methyl sites for hydroxylation is 2. The molecule has 1 saturated heterocycles. The third kappa shape index (κ3) is 4.51. The average Bonchev–Trinajstić information content (AvgIpc) is 3.10. The highest BCUT2D eigenvalue weighted by molar-refractivity contribution is 5.91. The van der Waals surface area contributed by atoms with Crippen LogP contribution in [0.1, 0.15) is 46.7 Å². The molecule has 0 aliphatic carbocycles. The van der Waals surface area contributed by atoms with Crippen LogP contribution in [0.4, 0.5) is 0 Å². The number of hydrogen-bond donors (Lipinski definition) is 0. The van der Waals surface area contributed by atoms with Gasteiger partial charge in [-0.2, -0.15) is 0 Å². The Labute approximate surface area is 149 Å². The van der Waals surface area contributed by atoms with E-state index >= 15 is 0 Å². The highest BCUT2D eigenvalue weighted by atomic mass is 16.5. The van der Waals surface area contributed by atoms with Crippen LogP contribution in [0.15, 0.2) is 40.8 Å². The second-order valence-corrected chi connectivity index (χ2v) is 6.92. The predicted octanol–water partition coefficient (Wildman–Crippen LogP) is 4.22. The summed E-state index contributed by atoms with van der Waals surface area (Å²) in [6.07, 6.45) is 4.47. The summed E-state index contributed by atoms with van der Waals surface area (Å²) in [5.41, 5.74) is 2.77. The summed E-state index contributed by atoms with van der Waals surface area (Å²) >= 11 is 0. The summed E-state index contributed by atoms with van der Waals surface area (Å²) in [4.78, 5) is 14.6. The number of methoxy groups -OCH3 is 1. The minimum Gasteiger partial charge on any atom is -0.453 e. The normalized spacial score (nSPS) is 17.7. The molecule has 1 aliphatic rings. The third-order valence-corrected chi connectivity index (χ3v) is 5.05. The quantitative estimate of drug-likeness (QED) is 0.790. The molecule has 25 heavy (non-hydrogen) atoms. The van der Waals surface area contributed by atoms with E-state index in [2.05, 4.69) is 31.2 Å². The van der Waals surface area contributed by atoms with Gasteiger partial charge in [0.2, 0.25) is 0 Å². The van der Waals surface area contributed by atoms with Crippen molar-refractivity contribution in [2.24, 2.45) is 5.92 Å². The van der Waals surface area contributed by atoms with Gasteiger partial charge >= 0.3 is 0 Å². The van der Waals surface area contributed by atoms with Gasteiger partial charge in [-0.1, -0.05) is 24.3 Å². The summed E-state index contributed by atoms with van der Waals surface area (Å²) in [5.74, 6) is 1.68. The molecule has 4 heteroatoms. The molecule has 2 aromatic rings. The second-order valence-electron chi connectivity index (χ2n) is 6.92. The van der Waals surface area contributed by atoms with Gasteiger partial charge in [0, 0.05) is 20.2 Å². The molecule has 1 aliphatic heterocycles. The highest BCUT2D eigenvalue weighted by Crippen LogP contribution is 2.24. The van der Waals surface area contributed by atoms with Gasteiger partial charge in [-0.3, -0.25) is 4.79 Å². The lowest BCUT2D eigenvalue weighted by atomic mass is 9.90. The van der Waals surface area contributed by atoms with Crippen molar-refractivity contribution in [1.82, 2.24) is 4.90 Å². The van der Waals surface area contributed by atoms with Crippen LogP contribution in [0.25, 0.3) is 0 Å². The van der Waals surface area contributed by atoms with Crippen molar-refractivity contribution in [3.05, 3.63) is 59.0 Å². The zero-order valence-electron chi connectivity index (χ0n) is 15.2. The van der Waals surface area contributed by atoms with Crippen LogP contribution in [-0.2, 0) is 17.8 Å². The lowest BCUT2D eigenvalue weighted by Crippen LogP contribution is -2.39. The highest BCUT2D eigenvalue weighted by Gasteiger charge is 2.26. The Morgan fingerprint density at radius 2 is 2.12 bits per heavy atom. The van der Waals surface area contributed by atoms with E-state index in [0.29, 0.717) is 24.0 Å². The fourth-order valence-corrected chi connectivity index (χ4v) is 3.60. The van der Waals surface area contributed by atoms with Crippen molar-refractivity contribution < 1.29 is 13.9 Å². The van der Waals surface area contributed by atoms with Crippen molar-refractivity contribution in [3.63, 3.8) is 0 Å². The Kier molecular flexibility index (Phi) is 5.92. The fourth-order valence-electron chi connectivity index (χ4n) is 3.60. The van der Waals surface area contributed by atoms with Crippen molar-refractivity contribution in [2.45, 2.75) is 39.2 Å². The molecular formula is C21H27NO3. The number of nitrogens with zero attached hydrogens (tertiary/aromatic N) is 1. The molecule has 1 aromatic carbocycles. The van der Waals surface area contributed by atoms with Crippen LogP contribution in [0, 0.1) is 12.8 Å². The van der Waals surface area contributed by atoms with Gasteiger partial charge in [-0.05, 0) is 61.8 Å². The van der Waals surface area contributed by atoms with Gasteiger partial charge < -0.3 is 14.1 Å².